The third-order valence-electron chi connectivity index (χ3n) is 3.69. The molecule has 0 unspecified atom stereocenters. The van der Waals surface area contributed by atoms with Crippen molar-refractivity contribution in [2.75, 3.05) is 6.54 Å². The van der Waals surface area contributed by atoms with Crippen molar-refractivity contribution in [2.24, 2.45) is 0 Å². The SMILES string of the molecule is Cc1ccc(C2CC(NCCCC(=O)O)C2)cc1. The third kappa shape index (κ3) is 3.57. The van der Waals surface area contributed by atoms with Gasteiger partial charge in [0.05, 0.1) is 0 Å². The molecule has 0 radical (unpaired) electrons. The van der Waals surface area contributed by atoms with Crippen molar-refractivity contribution in [1.82, 2.24) is 5.32 Å². The first-order valence-electron chi connectivity index (χ1n) is 6.67. The Hall–Kier alpha value is -1.35. The molecule has 3 nitrogen and oxygen atoms in total. The first kappa shape index (κ1) is 13.1. The van der Waals surface area contributed by atoms with Crippen LogP contribution in [0.4, 0.5) is 0 Å². The van der Waals surface area contributed by atoms with Crippen LogP contribution in [-0.4, -0.2) is 23.7 Å². The molecule has 0 aliphatic heterocycles. The fourth-order valence-electron chi connectivity index (χ4n) is 2.44. The average molecular weight is 247 g/mol. The Morgan fingerprint density at radius 3 is 2.61 bits per heavy atom. The van der Waals surface area contributed by atoms with Crippen LogP contribution < -0.4 is 5.32 Å². The molecular formula is C15H21NO2. The average Bonchev–Trinajstić information content (AvgIpc) is 2.28. The van der Waals surface area contributed by atoms with E-state index in [1.54, 1.807) is 0 Å². The summed E-state index contributed by atoms with van der Waals surface area (Å²) in [6.45, 7) is 2.93. The highest BCUT2D eigenvalue weighted by molar-refractivity contribution is 5.66. The van der Waals surface area contributed by atoms with E-state index >= 15 is 0 Å². The number of aliphatic carboxylic acids is 1. The minimum Gasteiger partial charge on any atom is -0.481 e. The molecule has 98 valence electrons. The van der Waals surface area contributed by atoms with E-state index in [4.69, 9.17) is 5.11 Å². The van der Waals surface area contributed by atoms with Crippen LogP contribution in [0.5, 0.6) is 0 Å². The lowest BCUT2D eigenvalue weighted by Gasteiger charge is -2.36. The molecule has 3 heteroatoms. The topological polar surface area (TPSA) is 49.3 Å². The summed E-state index contributed by atoms with van der Waals surface area (Å²) in [5.74, 6) is -0.0227. The summed E-state index contributed by atoms with van der Waals surface area (Å²) in [7, 11) is 0. The second-order valence-corrected chi connectivity index (χ2v) is 5.23. The van der Waals surface area contributed by atoms with E-state index in [0.717, 1.165) is 13.0 Å². The standard InChI is InChI=1S/C15H21NO2/c1-11-4-6-12(7-5-11)13-9-14(10-13)16-8-2-3-15(17)18/h4-7,13-14,16H,2-3,8-10H2,1H3,(H,17,18). The summed E-state index contributed by atoms with van der Waals surface area (Å²) in [5.41, 5.74) is 2.74. The maximum Gasteiger partial charge on any atom is 0.303 e. The van der Waals surface area contributed by atoms with Crippen molar-refractivity contribution in [1.29, 1.82) is 0 Å². The predicted octanol–water partition coefficient (Wildman–Crippen LogP) is 2.70. The zero-order valence-corrected chi connectivity index (χ0v) is 10.9. The molecule has 0 spiro atoms. The summed E-state index contributed by atoms with van der Waals surface area (Å²) in [4.78, 5) is 10.4. The Labute approximate surface area is 108 Å². The first-order chi connectivity index (χ1) is 8.65. The second-order valence-electron chi connectivity index (χ2n) is 5.23. The maximum atomic E-state index is 10.4. The lowest BCUT2D eigenvalue weighted by Crippen LogP contribution is -2.40. The monoisotopic (exact) mass is 247 g/mol. The third-order valence-corrected chi connectivity index (χ3v) is 3.69. The van der Waals surface area contributed by atoms with Crippen LogP contribution in [0, 0.1) is 6.92 Å². The van der Waals surface area contributed by atoms with Gasteiger partial charge in [-0.05, 0) is 44.2 Å². The largest absolute Gasteiger partial charge is 0.481 e. The number of hydrogen-bond acceptors (Lipinski definition) is 2. The molecule has 0 atom stereocenters. The number of benzene rings is 1. The van der Waals surface area contributed by atoms with Crippen LogP contribution in [0.2, 0.25) is 0 Å². The van der Waals surface area contributed by atoms with Crippen molar-refractivity contribution in [3.05, 3.63) is 35.4 Å². The Balaban J connectivity index is 1.64. The zero-order chi connectivity index (χ0) is 13.0. The molecule has 1 aliphatic rings. The first-order valence-corrected chi connectivity index (χ1v) is 6.67. The van der Waals surface area contributed by atoms with Crippen LogP contribution in [0.3, 0.4) is 0 Å². The molecular weight excluding hydrogens is 226 g/mol. The highest BCUT2D eigenvalue weighted by atomic mass is 16.4. The molecule has 0 saturated heterocycles. The van der Waals surface area contributed by atoms with Gasteiger partial charge < -0.3 is 10.4 Å². The van der Waals surface area contributed by atoms with Gasteiger partial charge in [-0.25, -0.2) is 0 Å². The van der Waals surface area contributed by atoms with Gasteiger partial charge in [-0.15, -0.1) is 0 Å². The number of nitrogens with one attached hydrogen (secondary N) is 1. The van der Waals surface area contributed by atoms with Crippen molar-refractivity contribution < 1.29 is 9.90 Å². The van der Waals surface area contributed by atoms with E-state index in [0.29, 0.717) is 12.0 Å². The molecule has 2 N–H and O–H groups in total. The van der Waals surface area contributed by atoms with E-state index in [-0.39, 0.29) is 6.42 Å². The minimum absolute atomic E-state index is 0.265. The Morgan fingerprint density at radius 1 is 1.33 bits per heavy atom. The highest BCUT2D eigenvalue weighted by Crippen LogP contribution is 2.36. The zero-order valence-electron chi connectivity index (χ0n) is 10.9. The Kier molecular flexibility index (Phi) is 4.37. The van der Waals surface area contributed by atoms with Gasteiger partial charge >= 0.3 is 5.97 Å². The summed E-state index contributed by atoms with van der Waals surface area (Å²) in [5, 5.41) is 12.0. The number of aryl methyl sites for hydroxylation is 1. The number of carbonyl (C=O) groups is 1. The Bertz CT molecular complexity index is 393. The van der Waals surface area contributed by atoms with Crippen LogP contribution >= 0.6 is 0 Å². The molecule has 0 heterocycles. The smallest absolute Gasteiger partial charge is 0.303 e. The van der Waals surface area contributed by atoms with E-state index in [9.17, 15) is 4.79 Å². The molecule has 1 aliphatic carbocycles. The minimum atomic E-state index is -0.706. The van der Waals surface area contributed by atoms with Gasteiger partial charge in [0.1, 0.15) is 0 Å². The number of hydrogen-bond donors (Lipinski definition) is 2. The van der Waals surface area contributed by atoms with Crippen molar-refractivity contribution >= 4 is 5.97 Å². The van der Waals surface area contributed by atoms with Gasteiger partial charge in [-0.2, -0.15) is 0 Å². The van der Waals surface area contributed by atoms with Gasteiger partial charge in [0.15, 0.2) is 0 Å². The van der Waals surface area contributed by atoms with Crippen LogP contribution in [0.25, 0.3) is 0 Å². The van der Waals surface area contributed by atoms with E-state index < -0.39 is 5.97 Å². The van der Waals surface area contributed by atoms with Crippen LogP contribution in [0.15, 0.2) is 24.3 Å². The number of carboxylic acids is 1. The quantitative estimate of drug-likeness (QED) is 0.760. The van der Waals surface area contributed by atoms with Crippen LogP contribution in [0.1, 0.15) is 42.7 Å². The summed E-state index contributed by atoms with van der Waals surface area (Å²) in [6.07, 6.45) is 3.34. The molecule has 1 saturated carbocycles. The second kappa shape index (κ2) is 6.01. The molecule has 0 amide bonds. The fraction of sp³-hybridized carbons (Fsp3) is 0.533. The maximum absolute atomic E-state index is 10.4. The normalized spacial score (nSPS) is 22.5. The summed E-state index contributed by atoms with van der Waals surface area (Å²) in [6, 6.07) is 9.36. The van der Waals surface area contributed by atoms with Gasteiger partial charge in [0.25, 0.3) is 0 Å². The molecule has 2 rings (SSSR count). The Morgan fingerprint density at radius 2 is 2.00 bits per heavy atom. The molecule has 1 fully saturated rings. The summed E-state index contributed by atoms with van der Waals surface area (Å²) < 4.78 is 0. The van der Waals surface area contributed by atoms with Crippen molar-refractivity contribution in [2.45, 2.75) is 44.6 Å². The number of rotatable bonds is 6. The van der Waals surface area contributed by atoms with E-state index in [1.165, 1.54) is 24.0 Å². The summed E-state index contributed by atoms with van der Waals surface area (Å²) >= 11 is 0. The van der Waals surface area contributed by atoms with Gasteiger partial charge in [-0.1, -0.05) is 29.8 Å². The number of carboxylic acid groups (broad SMARTS) is 1. The molecule has 0 bridgehead atoms. The van der Waals surface area contributed by atoms with Crippen LogP contribution in [-0.2, 0) is 4.79 Å². The molecule has 1 aromatic carbocycles. The van der Waals surface area contributed by atoms with E-state index in [1.807, 2.05) is 0 Å². The molecule has 0 aromatic heterocycles. The van der Waals surface area contributed by atoms with E-state index in [2.05, 4.69) is 36.5 Å². The lowest BCUT2D eigenvalue weighted by atomic mass is 9.76. The van der Waals surface area contributed by atoms with Crippen molar-refractivity contribution in [3.63, 3.8) is 0 Å². The fourth-order valence-corrected chi connectivity index (χ4v) is 2.44. The van der Waals surface area contributed by atoms with Crippen molar-refractivity contribution in [3.8, 4) is 0 Å². The highest BCUT2D eigenvalue weighted by Gasteiger charge is 2.29. The van der Waals surface area contributed by atoms with Gasteiger partial charge in [0.2, 0.25) is 0 Å². The lowest BCUT2D eigenvalue weighted by molar-refractivity contribution is -0.137. The molecule has 1 aromatic rings. The molecule has 18 heavy (non-hydrogen) atoms. The van der Waals surface area contributed by atoms with Gasteiger partial charge in [-0.3, -0.25) is 4.79 Å². The van der Waals surface area contributed by atoms with Gasteiger partial charge in [0, 0.05) is 12.5 Å². The predicted molar refractivity (Wildman–Crippen MR) is 71.8 cm³/mol.